The molecule has 0 atom stereocenters. The smallest absolute Gasteiger partial charge is 0.266 e. The van der Waals surface area contributed by atoms with Crippen molar-refractivity contribution < 1.29 is 0 Å². The third-order valence-corrected chi connectivity index (χ3v) is 0.939. The highest BCUT2D eigenvalue weighted by atomic mass is 35.5. The minimum Gasteiger partial charge on any atom is -0.266 e. The SMILES string of the molecule is CCn1c(=O)c1=O.Cl. The fraction of sp³-hybridized carbons (Fsp3) is 0.500. The van der Waals surface area contributed by atoms with Gasteiger partial charge in [0.2, 0.25) is 0 Å². The highest BCUT2D eigenvalue weighted by Gasteiger charge is 2.11. The Balaban J connectivity index is 0.000000490. The number of hydrogen-bond acceptors (Lipinski definition) is 2. The molecule has 0 bridgehead atoms. The van der Waals surface area contributed by atoms with Crippen LogP contribution in [0.5, 0.6) is 0 Å². The van der Waals surface area contributed by atoms with Gasteiger partial charge in [0.1, 0.15) is 0 Å². The molecule has 0 amide bonds. The Bertz CT molecular complexity index is 208. The van der Waals surface area contributed by atoms with Crippen molar-refractivity contribution in [1.82, 2.24) is 4.57 Å². The molecule has 0 fully saturated rings. The molecule has 4 heteroatoms. The van der Waals surface area contributed by atoms with Gasteiger partial charge < -0.3 is 0 Å². The van der Waals surface area contributed by atoms with Gasteiger partial charge in [-0.3, -0.25) is 14.2 Å². The Hall–Kier alpha value is -0.570. The van der Waals surface area contributed by atoms with E-state index in [-0.39, 0.29) is 23.5 Å². The summed E-state index contributed by atoms with van der Waals surface area (Å²) in [5.74, 6) is 0. The lowest BCUT2D eigenvalue weighted by Gasteiger charge is -1.70. The summed E-state index contributed by atoms with van der Waals surface area (Å²) in [6.45, 7) is 2.29. The molecule has 0 aliphatic heterocycles. The molecule has 1 heterocycles. The minimum atomic E-state index is -0.345. The van der Waals surface area contributed by atoms with Gasteiger partial charge in [0.25, 0.3) is 0 Å². The summed E-state index contributed by atoms with van der Waals surface area (Å²) >= 11 is 0. The van der Waals surface area contributed by atoms with Crippen LogP contribution in [-0.4, -0.2) is 4.57 Å². The van der Waals surface area contributed by atoms with E-state index in [0.29, 0.717) is 6.54 Å². The zero-order valence-electron chi connectivity index (χ0n) is 4.38. The second-order valence-corrected chi connectivity index (χ2v) is 1.35. The monoisotopic (exact) mass is 135 g/mol. The van der Waals surface area contributed by atoms with Crippen LogP contribution in [-0.2, 0) is 6.54 Å². The molecule has 0 unspecified atom stereocenters. The van der Waals surface area contributed by atoms with E-state index in [2.05, 4.69) is 0 Å². The van der Waals surface area contributed by atoms with E-state index < -0.39 is 0 Å². The van der Waals surface area contributed by atoms with Crippen LogP contribution in [0, 0.1) is 0 Å². The van der Waals surface area contributed by atoms with E-state index in [9.17, 15) is 9.59 Å². The second-order valence-electron chi connectivity index (χ2n) is 1.35. The Morgan fingerprint density at radius 1 is 1.38 bits per heavy atom. The van der Waals surface area contributed by atoms with Crippen molar-refractivity contribution in [2.45, 2.75) is 13.5 Å². The molecule has 1 aromatic heterocycles. The molecule has 1 rings (SSSR count). The Morgan fingerprint density at radius 3 is 1.75 bits per heavy atom. The van der Waals surface area contributed by atoms with Crippen molar-refractivity contribution in [1.29, 1.82) is 0 Å². The fourth-order valence-corrected chi connectivity index (χ4v) is 0.451. The lowest BCUT2D eigenvalue weighted by molar-refractivity contribution is 0.818. The minimum absolute atomic E-state index is 0. The largest absolute Gasteiger partial charge is 0.319 e. The number of halogens is 1. The second kappa shape index (κ2) is 2.13. The predicted molar refractivity (Wildman–Crippen MR) is 32.3 cm³/mol. The lowest BCUT2D eigenvalue weighted by Crippen LogP contribution is -1.88. The van der Waals surface area contributed by atoms with Gasteiger partial charge in [-0.1, -0.05) is 0 Å². The third kappa shape index (κ3) is 0.816. The van der Waals surface area contributed by atoms with Crippen molar-refractivity contribution in [3.8, 4) is 0 Å². The number of hydrogen-bond donors (Lipinski definition) is 0. The lowest BCUT2D eigenvalue weighted by atomic mass is 10.8. The molecule has 0 N–H and O–H groups in total. The summed E-state index contributed by atoms with van der Waals surface area (Å²) in [6, 6.07) is 0. The maximum absolute atomic E-state index is 10.0. The summed E-state index contributed by atoms with van der Waals surface area (Å²) in [5.41, 5.74) is -0.690. The Morgan fingerprint density at radius 2 is 1.75 bits per heavy atom. The quantitative estimate of drug-likeness (QED) is 0.489. The first-order valence-corrected chi connectivity index (χ1v) is 2.13. The van der Waals surface area contributed by atoms with Crippen LogP contribution >= 0.6 is 12.4 Å². The van der Waals surface area contributed by atoms with E-state index >= 15 is 0 Å². The van der Waals surface area contributed by atoms with Gasteiger partial charge >= 0.3 is 11.1 Å². The molecule has 0 aromatic carbocycles. The summed E-state index contributed by atoms with van der Waals surface area (Å²) in [4.78, 5) is 20.1. The van der Waals surface area contributed by atoms with Crippen LogP contribution in [0.1, 0.15) is 6.92 Å². The third-order valence-electron chi connectivity index (χ3n) is 0.939. The van der Waals surface area contributed by atoms with E-state index in [1.54, 1.807) is 6.92 Å². The molecular formula is C4H6ClNO2. The van der Waals surface area contributed by atoms with Gasteiger partial charge in [-0.25, -0.2) is 0 Å². The van der Waals surface area contributed by atoms with E-state index in [1.807, 2.05) is 0 Å². The number of nitrogens with zero attached hydrogens (tertiary/aromatic N) is 1. The molecule has 0 aliphatic carbocycles. The number of rotatable bonds is 1. The molecule has 8 heavy (non-hydrogen) atoms. The Labute approximate surface area is 52.0 Å². The molecule has 1 aromatic rings. The van der Waals surface area contributed by atoms with Crippen molar-refractivity contribution in [2.75, 3.05) is 0 Å². The average Bonchev–Trinajstić information content (AvgIpc) is 2.17. The highest BCUT2D eigenvalue weighted by molar-refractivity contribution is 5.85. The first-order chi connectivity index (χ1) is 3.27. The van der Waals surface area contributed by atoms with E-state index in [1.165, 1.54) is 4.57 Å². The van der Waals surface area contributed by atoms with Gasteiger partial charge in [0, 0.05) is 6.54 Å². The van der Waals surface area contributed by atoms with E-state index in [0.717, 1.165) is 0 Å². The highest BCUT2D eigenvalue weighted by Crippen LogP contribution is 1.65. The topological polar surface area (TPSA) is 39.1 Å². The van der Waals surface area contributed by atoms with Crippen molar-refractivity contribution in [3.05, 3.63) is 20.7 Å². The van der Waals surface area contributed by atoms with Gasteiger partial charge in [0.05, 0.1) is 0 Å². The van der Waals surface area contributed by atoms with Gasteiger partial charge in [-0.2, -0.15) is 0 Å². The summed E-state index contributed by atoms with van der Waals surface area (Å²) < 4.78 is 1.18. The van der Waals surface area contributed by atoms with Crippen LogP contribution in [0.4, 0.5) is 0 Å². The molecule has 0 radical (unpaired) electrons. The van der Waals surface area contributed by atoms with Crippen molar-refractivity contribution >= 4 is 12.4 Å². The van der Waals surface area contributed by atoms with Crippen molar-refractivity contribution in [3.63, 3.8) is 0 Å². The molecule has 46 valence electrons. The zero-order valence-corrected chi connectivity index (χ0v) is 5.20. The molecule has 3 nitrogen and oxygen atoms in total. The van der Waals surface area contributed by atoms with Crippen LogP contribution in [0.25, 0.3) is 0 Å². The van der Waals surface area contributed by atoms with Gasteiger partial charge in [-0.15, -0.1) is 12.4 Å². The summed E-state index contributed by atoms with van der Waals surface area (Å²) in [7, 11) is 0. The molecule has 0 spiro atoms. The van der Waals surface area contributed by atoms with Crippen LogP contribution < -0.4 is 11.1 Å². The van der Waals surface area contributed by atoms with Crippen LogP contribution in [0.15, 0.2) is 9.59 Å². The van der Waals surface area contributed by atoms with Crippen LogP contribution in [0.2, 0.25) is 0 Å². The average molecular weight is 136 g/mol. The zero-order chi connectivity index (χ0) is 5.44. The van der Waals surface area contributed by atoms with E-state index in [4.69, 9.17) is 0 Å². The van der Waals surface area contributed by atoms with Crippen LogP contribution in [0.3, 0.4) is 0 Å². The maximum Gasteiger partial charge on any atom is 0.319 e. The summed E-state index contributed by atoms with van der Waals surface area (Å²) in [6.07, 6.45) is 0. The van der Waals surface area contributed by atoms with Crippen molar-refractivity contribution in [2.24, 2.45) is 0 Å². The maximum atomic E-state index is 10.0. The fourth-order valence-electron chi connectivity index (χ4n) is 0.451. The molecule has 0 saturated heterocycles. The Kier molecular flexibility index (Phi) is 1.98. The van der Waals surface area contributed by atoms with Gasteiger partial charge in [-0.05, 0) is 6.92 Å². The number of aromatic nitrogens is 1. The normalized spacial score (nSPS) is 9.12. The first kappa shape index (κ1) is 7.43. The standard InChI is InChI=1S/C4H5NO2.ClH/c1-2-5-3(6)4(5)7;/h2H2,1H3;1H. The molecule has 0 saturated carbocycles. The molecular weight excluding hydrogens is 130 g/mol. The summed E-state index contributed by atoms with van der Waals surface area (Å²) in [5, 5.41) is 0. The first-order valence-electron chi connectivity index (χ1n) is 2.13. The molecule has 0 aliphatic rings. The van der Waals surface area contributed by atoms with Gasteiger partial charge in [0.15, 0.2) is 0 Å². The predicted octanol–water partition coefficient (Wildman–Crippen LogP) is -0.474.